The van der Waals surface area contributed by atoms with Gasteiger partial charge in [0.25, 0.3) is 0 Å². The average molecular weight is 322 g/mol. The van der Waals surface area contributed by atoms with Crippen LogP contribution in [0.1, 0.15) is 17.5 Å². The van der Waals surface area contributed by atoms with Crippen LogP contribution in [0.4, 0.5) is 5.69 Å². The quantitative estimate of drug-likeness (QED) is 0.868. The van der Waals surface area contributed by atoms with Crippen molar-refractivity contribution in [2.24, 2.45) is 0 Å². The predicted octanol–water partition coefficient (Wildman–Crippen LogP) is 2.15. The maximum Gasteiger partial charge on any atom is 0.240 e. The fraction of sp³-hybridized carbons (Fsp3) is 0.429. The number of rotatable bonds is 3. The highest BCUT2D eigenvalue weighted by molar-refractivity contribution is 9.10. The minimum atomic E-state index is -0.100. The van der Waals surface area contributed by atoms with Crippen molar-refractivity contribution in [2.45, 2.75) is 19.8 Å². The summed E-state index contributed by atoms with van der Waals surface area (Å²) in [6.07, 6.45) is 2.10. The lowest BCUT2D eigenvalue weighted by atomic mass is 9.98. The van der Waals surface area contributed by atoms with Crippen LogP contribution >= 0.6 is 15.9 Å². The van der Waals surface area contributed by atoms with Crippen molar-refractivity contribution >= 4 is 27.5 Å². The van der Waals surface area contributed by atoms with Gasteiger partial charge in [-0.1, -0.05) is 15.9 Å². The number of aryl methyl sites for hydroxylation is 2. The highest BCUT2D eigenvalue weighted by Crippen LogP contribution is 2.33. The summed E-state index contributed by atoms with van der Waals surface area (Å²) in [5.41, 5.74) is 3.63. The van der Waals surface area contributed by atoms with Gasteiger partial charge in [-0.2, -0.15) is 5.26 Å². The molecular formula is C14H16BrN3O. The van der Waals surface area contributed by atoms with Crippen LogP contribution in [0.25, 0.3) is 0 Å². The number of nitrogens with one attached hydrogen (secondary N) is 1. The summed E-state index contributed by atoms with van der Waals surface area (Å²) in [4.78, 5) is 13.8. The van der Waals surface area contributed by atoms with Crippen molar-refractivity contribution in [1.29, 1.82) is 5.26 Å². The van der Waals surface area contributed by atoms with Crippen LogP contribution in [0.2, 0.25) is 0 Å². The lowest BCUT2D eigenvalue weighted by Crippen LogP contribution is -2.40. The van der Waals surface area contributed by atoms with E-state index in [1.807, 2.05) is 6.07 Å². The van der Waals surface area contributed by atoms with E-state index in [9.17, 15) is 4.79 Å². The average Bonchev–Trinajstić information content (AvgIpc) is 2.35. The molecule has 5 heteroatoms. The Hall–Kier alpha value is -1.54. The number of amides is 1. The molecule has 1 aliphatic heterocycles. The molecule has 2 rings (SSSR count). The maximum atomic E-state index is 11.7. The monoisotopic (exact) mass is 321 g/mol. The van der Waals surface area contributed by atoms with Crippen LogP contribution in [0.15, 0.2) is 16.6 Å². The number of fused-ring (bicyclic) bond motifs is 1. The molecule has 0 fully saturated rings. The van der Waals surface area contributed by atoms with Gasteiger partial charge in [-0.15, -0.1) is 0 Å². The minimum absolute atomic E-state index is 0.0683. The third-order valence-electron chi connectivity index (χ3n) is 3.23. The number of nitriles is 1. The van der Waals surface area contributed by atoms with E-state index in [1.165, 1.54) is 16.8 Å². The first kappa shape index (κ1) is 13.9. The van der Waals surface area contributed by atoms with Gasteiger partial charge in [-0.25, -0.2) is 0 Å². The molecule has 0 saturated carbocycles. The van der Waals surface area contributed by atoms with Gasteiger partial charge in [0.1, 0.15) is 6.54 Å². The Morgan fingerprint density at radius 1 is 1.58 bits per heavy atom. The van der Waals surface area contributed by atoms with E-state index < -0.39 is 0 Å². The maximum absolute atomic E-state index is 11.7. The van der Waals surface area contributed by atoms with Crippen molar-refractivity contribution in [3.8, 4) is 6.07 Å². The molecule has 1 N–H and O–H groups in total. The molecule has 0 spiro atoms. The number of anilines is 1. The van der Waals surface area contributed by atoms with E-state index in [2.05, 4.69) is 45.2 Å². The molecule has 0 aliphatic carbocycles. The first-order valence-electron chi connectivity index (χ1n) is 6.29. The number of hydrogen-bond donors (Lipinski definition) is 1. The van der Waals surface area contributed by atoms with Gasteiger partial charge in [0.15, 0.2) is 0 Å². The van der Waals surface area contributed by atoms with Crippen molar-refractivity contribution in [3.05, 3.63) is 27.7 Å². The van der Waals surface area contributed by atoms with Crippen LogP contribution in [0.5, 0.6) is 0 Å². The fourth-order valence-corrected chi connectivity index (χ4v) is 3.17. The largest absolute Gasteiger partial charge is 0.362 e. The molecule has 0 radical (unpaired) electrons. The summed E-state index contributed by atoms with van der Waals surface area (Å²) in [7, 11) is 0. The first-order chi connectivity index (χ1) is 9.11. The normalized spacial score (nSPS) is 13.6. The number of hydrogen-bond acceptors (Lipinski definition) is 3. The van der Waals surface area contributed by atoms with Crippen LogP contribution < -0.4 is 10.2 Å². The third-order valence-corrected chi connectivity index (χ3v) is 3.69. The topological polar surface area (TPSA) is 56.1 Å². The summed E-state index contributed by atoms with van der Waals surface area (Å²) >= 11 is 3.51. The van der Waals surface area contributed by atoms with Crippen LogP contribution in [0, 0.1) is 18.3 Å². The van der Waals surface area contributed by atoms with Crippen molar-refractivity contribution in [2.75, 3.05) is 24.5 Å². The summed E-state index contributed by atoms with van der Waals surface area (Å²) in [5.74, 6) is -0.100. The summed E-state index contributed by atoms with van der Waals surface area (Å²) < 4.78 is 1.08. The van der Waals surface area contributed by atoms with Gasteiger partial charge >= 0.3 is 0 Å². The number of carbonyl (C=O) groups is 1. The molecule has 0 bridgehead atoms. The second-order valence-electron chi connectivity index (χ2n) is 4.69. The molecule has 1 aliphatic rings. The second-order valence-corrected chi connectivity index (χ2v) is 5.61. The van der Waals surface area contributed by atoms with Crippen LogP contribution in [0.3, 0.4) is 0 Å². The number of benzene rings is 1. The van der Waals surface area contributed by atoms with E-state index in [4.69, 9.17) is 5.26 Å². The molecule has 1 aromatic rings. The Labute approximate surface area is 121 Å². The molecule has 1 amide bonds. The van der Waals surface area contributed by atoms with E-state index >= 15 is 0 Å². The zero-order valence-electron chi connectivity index (χ0n) is 10.9. The van der Waals surface area contributed by atoms with Gasteiger partial charge in [-0.3, -0.25) is 4.79 Å². The van der Waals surface area contributed by atoms with E-state index in [0.29, 0.717) is 6.54 Å². The Bertz CT molecular complexity index is 536. The second kappa shape index (κ2) is 6.07. The molecule has 0 saturated heterocycles. The van der Waals surface area contributed by atoms with Gasteiger partial charge in [-0.05, 0) is 43.0 Å². The molecule has 19 heavy (non-hydrogen) atoms. The summed E-state index contributed by atoms with van der Waals surface area (Å²) in [6, 6.07) is 6.12. The molecule has 4 nitrogen and oxygen atoms in total. The SMILES string of the molecule is Cc1cc(Br)cc2c1N(CC(=O)NCC#N)CCC2. The molecular weight excluding hydrogens is 306 g/mol. The van der Waals surface area contributed by atoms with Crippen LogP contribution in [-0.2, 0) is 11.2 Å². The Balaban J connectivity index is 2.18. The molecule has 1 aromatic carbocycles. The van der Waals surface area contributed by atoms with Crippen molar-refractivity contribution in [3.63, 3.8) is 0 Å². The van der Waals surface area contributed by atoms with E-state index in [-0.39, 0.29) is 12.5 Å². The fourth-order valence-electron chi connectivity index (χ4n) is 2.55. The molecule has 1 heterocycles. The highest BCUT2D eigenvalue weighted by atomic mass is 79.9. The van der Waals surface area contributed by atoms with Crippen molar-refractivity contribution < 1.29 is 4.79 Å². The Morgan fingerprint density at radius 2 is 2.37 bits per heavy atom. The van der Waals surface area contributed by atoms with Gasteiger partial charge in [0.05, 0.1) is 12.6 Å². The van der Waals surface area contributed by atoms with E-state index in [1.54, 1.807) is 0 Å². The zero-order chi connectivity index (χ0) is 13.8. The van der Waals surface area contributed by atoms with E-state index in [0.717, 1.165) is 23.9 Å². The zero-order valence-corrected chi connectivity index (χ0v) is 12.5. The Kier molecular flexibility index (Phi) is 4.43. The van der Waals surface area contributed by atoms with Gasteiger partial charge in [0.2, 0.25) is 5.91 Å². The predicted molar refractivity (Wildman–Crippen MR) is 78.0 cm³/mol. The lowest BCUT2D eigenvalue weighted by molar-refractivity contribution is -0.119. The standard InChI is InChI=1S/C14H16BrN3O/c1-10-7-12(15)8-11-3-2-6-18(14(10)11)9-13(19)17-5-4-16/h7-8H,2-3,5-6,9H2,1H3,(H,17,19). The van der Waals surface area contributed by atoms with Gasteiger partial charge in [0, 0.05) is 16.7 Å². The molecule has 0 unspecified atom stereocenters. The highest BCUT2D eigenvalue weighted by Gasteiger charge is 2.21. The molecule has 0 aromatic heterocycles. The number of halogens is 1. The third kappa shape index (κ3) is 3.27. The number of carbonyl (C=O) groups excluding carboxylic acids is 1. The molecule has 0 atom stereocenters. The smallest absolute Gasteiger partial charge is 0.240 e. The number of nitrogens with zero attached hydrogens (tertiary/aromatic N) is 2. The van der Waals surface area contributed by atoms with Crippen LogP contribution in [-0.4, -0.2) is 25.5 Å². The van der Waals surface area contributed by atoms with Gasteiger partial charge < -0.3 is 10.2 Å². The molecule has 100 valence electrons. The van der Waals surface area contributed by atoms with Crippen molar-refractivity contribution in [1.82, 2.24) is 5.32 Å². The minimum Gasteiger partial charge on any atom is -0.362 e. The lowest BCUT2D eigenvalue weighted by Gasteiger charge is -2.32. The Morgan fingerprint density at radius 3 is 3.11 bits per heavy atom. The summed E-state index contributed by atoms with van der Waals surface area (Å²) in [6.45, 7) is 3.33. The first-order valence-corrected chi connectivity index (χ1v) is 7.08. The summed E-state index contributed by atoms with van der Waals surface area (Å²) in [5, 5.41) is 11.1.